The summed E-state index contributed by atoms with van der Waals surface area (Å²) in [5.74, 6) is 1.39. The molecule has 24 heavy (non-hydrogen) atoms. The summed E-state index contributed by atoms with van der Waals surface area (Å²) in [6.07, 6.45) is 5.11. The number of pyridine rings is 1. The topological polar surface area (TPSA) is 65.5 Å². The number of rotatable bonds is 8. The molecule has 1 aliphatic rings. The molecule has 2 amide bonds. The standard InChI is InChI=1S/C17H26N4O2S/c22-16(14-24)19-9-4-1-2-7-17(23)21-12-10-20(11-13-21)15-6-3-5-8-18-15/h3,5-6,8,24H,1-2,4,7,9-14H2,(H,19,22). The molecule has 0 saturated carbocycles. The highest BCUT2D eigenvalue weighted by atomic mass is 32.1. The highest BCUT2D eigenvalue weighted by Crippen LogP contribution is 2.13. The van der Waals surface area contributed by atoms with Gasteiger partial charge in [-0.1, -0.05) is 12.5 Å². The van der Waals surface area contributed by atoms with E-state index in [0.29, 0.717) is 13.0 Å². The summed E-state index contributed by atoms with van der Waals surface area (Å²) in [5, 5.41) is 2.78. The number of unbranched alkanes of at least 4 members (excludes halogenated alkanes) is 2. The first kappa shape index (κ1) is 18.6. The van der Waals surface area contributed by atoms with Crippen LogP contribution in [0, 0.1) is 0 Å². The Labute approximate surface area is 149 Å². The first-order valence-electron chi connectivity index (χ1n) is 8.52. The summed E-state index contributed by atoms with van der Waals surface area (Å²) >= 11 is 3.90. The van der Waals surface area contributed by atoms with Gasteiger partial charge in [-0.25, -0.2) is 4.98 Å². The fourth-order valence-corrected chi connectivity index (χ4v) is 2.86. The molecule has 0 atom stereocenters. The van der Waals surface area contributed by atoms with Crippen molar-refractivity contribution in [3.05, 3.63) is 24.4 Å². The van der Waals surface area contributed by atoms with Crippen LogP contribution in [0.4, 0.5) is 5.82 Å². The zero-order valence-corrected chi connectivity index (χ0v) is 14.9. The second-order valence-corrected chi connectivity index (χ2v) is 6.19. The normalized spacial score (nSPS) is 14.5. The predicted octanol–water partition coefficient (Wildman–Crippen LogP) is 1.34. The van der Waals surface area contributed by atoms with E-state index in [-0.39, 0.29) is 17.6 Å². The molecule has 1 aromatic heterocycles. The van der Waals surface area contributed by atoms with Crippen LogP contribution < -0.4 is 10.2 Å². The van der Waals surface area contributed by atoms with E-state index in [4.69, 9.17) is 0 Å². The molecule has 1 N–H and O–H groups in total. The summed E-state index contributed by atoms with van der Waals surface area (Å²) in [4.78, 5) is 31.8. The quantitative estimate of drug-likeness (QED) is 0.548. The van der Waals surface area contributed by atoms with E-state index < -0.39 is 0 Å². The van der Waals surface area contributed by atoms with Gasteiger partial charge in [0.2, 0.25) is 11.8 Å². The number of amides is 2. The van der Waals surface area contributed by atoms with Gasteiger partial charge in [-0.2, -0.15) is 12.6 Å². The van der Waals surface area contributed by atoms with E-state index >= 15 is 0 Å². The molecule has 0 bridgehead atoms. The molecule has 7 heteroatoms. The van der Waals surface area contributed by atoms with Crippen molar-refractivity contribution >= 4 is 30.3 Å². The number of nitrogens with zero attached hydrogens (tertiary/aromatic N) is 3. The van der Waals surface area contributed by atoms with Crippen LogP contribution in [-0.4, -0.2) is 60.2 Å². The Bertz CT molecular complexity index is 519. The van der Waals surface area contributed by atoms with Crippen molar-refractivity contribution in [2.75, 3.05) is 43.4 Å². The van der Waals surface area contributed by atoms with Crippen molar-refractivity contribution in [1.82, 2.24) is 15.2 Å². The lowest BCUT2D eigenvalue weighted by Crippen LogP contribution is -2.49. The number of thiol groups is 1. The molecule has 0 aliphatic carbocycles. The van der Waals surface area contributed by atoms with Crippen LogP contribution in [0.2, 0.25) is 0 Å². The van der Waals surface area contributed by atoms with Gasteiger partial charge in [-0.3, -0.25) is 9.59 Å². The predicted molar refractivity (Wildman–Crippen MR) is 98.4 cm³/mol. The Balaban J connectivity index is 1.58. The second-order valence-electron chi connectivity index (χ2n) is 5.87. The first-order valence-corrected chi connectivity index (χ1v) is 9.15. The third-order valence-electron chi connectivity index (χ3n) is 4.14. The minimum Gasteiger partial charge on any atom is -0.355 e. The zero-order chi connectivity index (χ0) is 17.2. The number of carbonyl (C=O) groups excluding carboxylic acids is 2. The van der Waals surface area contributed by atoms with E-state index in [2.05, 4.69) is 27.8 Å². The van der Waals surface area contributed by atoms with Crippen molar-refractivity contribution in [2.45, 2.75) is 25.7 Å². The lowest BCUT2D eigenvalue weighted by atomic mass is 10.1. The lowest BCUT2D eigenvalue weighted by molar-refractivity contribution is -0.131. The summed E-state index contributed by atoms with van der Waals surface area (Å²) in [6, 6.07) is 5.90. The summed E-state index contributed by atoms with van der Waals surface area (Å²) in [5.41, 5.74) is 0. The maximum absolute atomic E-state index is 12.2. The smallest absolute Gasteiger partial charge is 0.229 e. The SMILES string of the molecule is O=C(CS)NCCCCCC(=O)N1CCN(c2ccccn2)CC1. The number of nitrogens with one attached hydrogen (secondary N) is 1. The number of piperazine rings is 1. The zero-order valence-electron chi connectivity index (χ0n) is 14.0. The number of hydrogen-bond donors (Lipinski definition) is 2. The van der Waals surface area contributed by atoms with Crippen LogP contribution in [0.3, 0.4) is 0 Å². The Hall–Kier alpha value is -1.76. The molecule has 132 valence electrons. The number of carbonyl (C=O) groups is 2. The fraction of sp³-hybridized carbons (Fsp3) is 0.588. The van der Waals surface area contributed by atoms with E-state index in [0.717, 1.165) is 51.3 Å². The number of anilines is 1. The maximum atomic E-state index is 12.2. The van der Waals surface area contributed by atoms with Gasteiger partial charge >= 0.3 is 0 Å². The molecule has 1 aromatic rings. The minimum atomic E-state index is -0.0415. The molecule has 0 aromatic carbocycles. The van der Waals surface area contributed by atoms with Gasteiger partial charge in [0.25, 0.3) is 0 Å². The highest BCUT2D eigenvalue weighted by molar-refractivity contribution is 7.81. The van der Waals surface area contributed by atoms with Crippen LogP contribution in [0.15, 0.2) is 24.4 Å². The van der Waals surface area contributed by atoms with Crippen molar-refractivity contribution in [1.29, 1.82) is 0 Å². The monoisotopic (exact) mass is 350 g/mol. The van der Waals surface area contributed by atoms with Gasteiger partial charge in [0.15, 0.2) is 0 Å². The molecule has 1 saturated heterocycles. The molecular formula is C17H26N4O2S. The largest absolute Gasteiger partial charge is 0.355 e. The summed E-state index contributed by atoms with van der Waals surface area (Å²) in [6.45, 7) is 3.84. The van der Waals surface area contributed by atoms with Crippen LogP contribution >= 0.6 is 12.6 Å². The fourth-order valence-electron chi connectivity index (χ4n) is 2.75. The summed E-state index contributed by atoms with van der Waals surface area (Å²) in [7, 11) is 0. The molecule has 1 aliphatic heterocycles. The van der Waals surface area contributed by atoms with Gasteiger partial charge < -0.3 is 15.1 Å². The number of aromatic nitrogens is 1. The summed E-state index contributed by atoms with van der Waals surface area (Å²) < 4.78 is 0. The highest BCUT2D eigenvalue weighted by Gasteiger charge is 2.21. The van der Waals surface area contributed by atoms with Crippen molar-refractivity contribution in [2.24, 2.45) is 0 Å². The molecule has 0 radical (unpaired) electrons. The van der Waals surface area contributed by atoms with E-state index in [1.54, 1.807) is 6.20 Å². The van der Waals surface area contributed by atoms with E-state index in [9.17, 15) is 9.59 Å². The van der Waals surface area contributed by atoms with Gasteiger partial charge in [0, 0.05) is 45.3 Å². The average Bonchev–Trinajstić information content (AvgIpc) is 2.65. The minimum absolute atomic E-state index is 0.0415. The average molecular weight is 350 g/mol. The molecule has 0 spiro atoms. The Morgan fingerprint density at radius 3 is 2.58 bits per heavy atom. The molecule has 2 rings (SSSR count). The molecular weight excluding hydrogens is 324 g/mol. The Kier molecular flexibility index (Phi) is 7.88. The molecule has 0 unspecified atom stereocenters. The molecule has 1 fully saturated rings. The number of hydrogen-bond acceptors (Lipinski definition) is 5. The molecule has 2 heterocycles. The maximum Gasteiger partial charge on any atom is 0.229 e. The van der Waals surface area contributed by atoms with Crippen molar-refractivity contribution in [3.63, 3.8) is 0 Å². The third-order valence-corrected chi connectivity index (χ3v) is 4.43. The van der Waals surface area contributed by atoms with E-state index in [1.165, 1.54) is 0 Å². The van der Waals surface area contributed by atoms with Crippen molar-refractivity contribution in [3.8, 4) is 0 Å². The van der Waals surface area contributed by atoms with Gasteiger partial charge in [0.1, 0.15) is 5.82 Å². The van der Waals surface area contributed by atoms with E-state index in [1.807, 2.05) is 23.1 Å². The van der Waals surface area contributed by atoms with Gasteiger partial charge in [-0.15, -0.1) is 0 Å². The van der Waals surface area contributed by atoms with Gasteiger partial charge in [-0.05, 0) is 25.0 Å². The Morgan fingerprint density at radius 1 is 1.12 bits per heavy atom. The van der Waals surface area contributed by atoms with Crippen LogP contribution in [0.25, 0.3) is 0 Å². The lowest BCUT2D eigenvalue weighted by Gasteiger charge is -2.35. The van der Waals surface area contributed by atoms with Crippen LogP contribution in [0.1, 0.15) is 25.7 Å². The second kappa shape index (κ2) is 10.2. The Morgan fingerprint density at radius 2 is 1.92 bits per heavy atom. The first-order chi connectivity index (χ1) is 11.7. The van der Waals surface area contributed by atoms with Crippen molar-refractivity contribution < 1.29 is 9.59 Å². The van der Waals surface area contributed by atoms with Crippen LogP contribution in [0.5, 0.6) is 0 Å². The molecule has 6 nitrogen and oxygen atoms in total. The van der Waals surface area contributed by atoms with Crippen LogP contribution in [-0.2, 0) is 9.59 Å². The third kappa shape index (κ3) is 6.03. The van der Waals surface area contributed by atoms with Gasteiger partial charge in [0.05, 0.1) is 5.75 Å².